The van der Waals surface area contributed by atoms with Crippen LogP contribution in [0, 0.1) is 29.6 Å². The van der Waals surface area contributed by atoms with Crippen molar-refractivity contribution in [1.82, 2.24) is 10.6 Å². The first-order chi connectivity index (χ1) is 9.97. The van der Waals surface area contributed by atoms with E-state index in [2.05, 4.69) is 38.3 Å². The van der Waals surface area contributed by atoms with Crippen molar-refractivity contribution in [2.45, 2.75) is 77.9 Å². The zero-order valence-electron chi connectivity index (χ0n) is 14.1. The lowest BCUT2D eigenvalue weighted by molar-refractivity contribution is -0.122. The number of nitrogens with one attached hydrogen (secondary N) is 2. The number of carbonyl (C=O) groups excluding carboxylic acids is 1. The summed E-state index contributed by atoms with van der Waals surface area (Å²) in [5.74, 6) is 4.13. The largest absolute Gasteiger partial charge is 0.352 e. The SMILES string of the molecule is CC(C)C1CCC(NC(=O)[C@@H]2N[C@H]2C2CC2)CC1C(C)C. The Bertz CT molecular complexity index is 389. The molecular weight excluding hydrogens is 260 g/mol. The van der Waals surface area contributed by atoms with Crippen LogP contribution in [0.25, 0.3) is 0 Å². The molecule has 0 aromatic carbocycles. The molecule has 3 nitrogen and oxygen atoms in total. The molecule has 0 aromatic heterocycles. The molecule has 2 saturated carbocycles. The molecule has 0 aromatic rings. The molecule has 2 aliphatic carbocycles. The number of amides is 1. The average molecular weight is 292 g/mol. The predicted octanol–water partition coefficient (Wildman–Crippen LogP) is 2.95. The summed E-state index contributed by atoms with van der Waals surface area (Å²) in [6.07, 6.45) is 6.24. The van der Waals surface area contributed by atoms with E-state index in [-0.39, 0.29) is 11.9 Å². The van der Waals surface area contributed by atoms with Crippen LogP contribution < -0.4 is 10.6 Å². The van der Waals surface area contributed by atoms with Crippen LogP contribution in [0.3, 0.4) is 0 Å². The maximum atomic E-state index is 12.3. The van der Waals surface area contributed by atoms with Gasteiger partial charge in [-0.1, -0.05) is 27.7 Å². The van der Waals surface area contributed by atoms with E-state index in [4.69, 9.17) is 0 Å². The van der Waals surface area contributed by atoms with E-state index in [1.807, 2.05) is 0 Å². The molecule has 2 N–H and O–H groups in total. The summed E-state index contributed by atoms with van der Waals surface area (Å²) in [5, 5.41) is 6.71. The lowest BCUT2D eigenvalue weighted by Gasteiger charge is -2.41. The molecule has 1 heterocycles. The van der Waals surface area contributed by atoms with E-state index in [0.717, 1.165) is 29.6 Å². The minimum absolute atomic E-state index is 0.123. The van der Waals surface area contributed by atoms with Crippen LogP contribution in [0.1, 0.15) is 59.8 Å². The smallest absolute Gasteiger partial charge is 0.238 e. The number of hydrogen-bond donors (Lipinski definition) is 2. The predicted molar refractivity (Wildman–Crippen MR) is 85.9 cm³/mol. The van der Waals surface area contributed by atoms with E-state index in [1.54, 1.807) is 0 Å². The second-order valence-electron chi connectivity index (χ2n) is 8.34. The van der Waals surface area contributed by atoms with Gasteiger partial charge in [-0.05, 0) is 61.7 Å². The first kappa shape index (κ1) is 15.3. The highest BCUT2D eigenvalue weighted by Crippen LogP contribution is 2.41. The summed E-state index contributed by atoms with van der Waals surface area (Å²) >= 11 is 0. The van der Waals surface area contributed by atoms with Gasteiger partial charge < -0.3 is 5.32 Å². The second kappa shape index (κ2) is 5.91. The topological polar surface area (TPSA) is 51.0 Å². The third kappa shape index (κ3) is 3.44. The maximum absolute atomic E-state index is 12.3. The summed E-state index contributed by atoms with van der Waals surface area (Å²) in [6, 6.07) is 1.03. The summed E-state index contributed by atoms with van der Waals surface area (Å²) in [6.45, 7) is 9.40. The van der Waals surface area contributed by atoms with E-state index in [1.165, 1.54) is 32.1 Å². The molecule has 3 heteroatoms. The highest BCUT2D eigenvalue weighted by molar-refractivity contribution is 5.86. The quantitative estimate of drug-likeness (QED) is 0.765. The second-order valence-corrected chi connectivity index (χ2v) is 8.34. The van der Waals surface area contributed by atoms with Gasteiger partial charge in [-0.15, -0.1) is 0 Å². The van der Waals surface area contributed by atoms with E-state index >= 15 is 0 Å². The van der Waals surface area contributed by atoms with E-state index < -0.39 is 0 Å². The molecule has 0 radical (unpaired) electrons. The lowest BCUT2D eigenvalue weighted by atomic mass is 9.67. The zero-order valence-corrected chi connectivity index (χ0v) is 14.1. The average Bonchev–Trinajstić information content (AvgIpc) is 3.27. The van der Waals surface area contributed by atoms with Crippen LogP contribution >= 0.6 is 0 Å². The van der Waals surface area contributed by atoms with Crippen LogP contribution in [-0.2, 0) is 4.79 Å². The molecule has 3 unspecified atom stereocenters. The van der Waals surface area contributed by atoms with Crippen molar-refractivity contribution in [3.05, 3.63) is 0 Å². The van der Waals surface area contributed by atoms with Crippen LogP contribution in [0.4, 0.5) is 0 Å². The third-order valence-corrected chi connectivity index (χ3v) is 6.05. The fourth-order valence-electron chi connectivity index (χ4n) is 4.50. The van der Waals surface area contributed by atoms with Gasteiger partial charge in [0.25, 0.3) is 0 Å². The van der Waals surface area contributed by atoms with Gasteiger partial charge in [0.2, 0.25) is 5.91 Å². The van der Waals surface area contributed by atoms with Gasteiger partial charge in [-0.3, -0.25) is 10.1 Å². The molecule has 1 amide bonds. The third-order valence-electron chi connectivity index (χ3n) is 6.05. The number of carbonyl (C=O) groups is 1. The Labute approximate surface area is 129 Å². The van der Waals surface area contributed by atoms with Gasteiger partial charge in [0.1, 0.15) is 6.04 Å². The summed E-state index contributed by atoms with van der Waals surface area (Å²) in [5.41, 5.74) is 0. The first-order valence-electron chi connectivity index (χ1n) is 9.03. The molecule has 3 aliphatic rings. The van der Waals surface area contributed by atoms with Gasteiger partial charge in [0, 0.05) is 12.1 Å². The molecule has 3 rings (SSSR count). The summed E-state index contributed by atoms with van der Waals surface area (Å²) in [4.78, 5) is 12.3. The molecular formula is C18H32N2O. The van der Waals surface area contributed by atoms with Gasteiger partial charge in [0.15, 0.2) is 0 Å². The molecule has 3 fully saturated rings. The standard InChI is InChI=1S/C18H32N2O/c1-10(2)14-8-7-13(9-15(14)11(3)4)19-18(21)17-16(20-17)12-5-6-12/h10-17,20H,5-9H2,1-4H3,(H,19,21)/t13?,14?,15?,16-,17+/m0/s1. The molecule has 1 saturated heterocycles. The summed E-state index contributed by atoms with van der Waals surface area (Å²) in [7, 11) is 0. The Balaban J connectivity index is 1.51. The lowest BCUT2D eigenvalue weighted by Crippen LogP contribution is -2.45. The fraction of sp³-hybridized carbons (Fsp3) is 0.944. The van der Waals surface area contributed by atoms with Gasteiger partial charge >= 0.3 is 0 Å². The Morgan fingerprint density at radius 2 is 1.67 bits per heavy atom. The van der Waals surface area contributed by atoms with Crippen molar-refractivity contribution >= 4 is 5.91 Å². The van der Waals surface area contributed by atoms with Gasteiger partial charge in [0.05, 0.1) is 0 Å². The fourth-order valence-corrected chi connectivity index (χ4v) is 4.50. The molecule has 120 valence electrons. The molecule has 0 bridgehead atoms. The zero-order chi connectivity index (χ0) is 15.1. The highest BCUT2D eigenvalue weighted by atomic mass is 16.2. The number of rotatable bonds is 5. The Kier molecular flexibility index (Phi) is 4.31. The van der Waals surface area contributed by atoms with Crippen molar-refractivity contribution < 1.29 is 4.79 Å². The summed E-state index contributed by atoms with van der Waals surface area (Å²) < 4.78 is 0. The van der Waals surface area contributed by atoms with E-state index in [0.29, 0.717) is 12.1 Å². The van der Waals surface area contributed by atoms with Crippen LogP contribution in [0.15, 0.2) is 0 Å². The Hall–Kier alpha value is -0.570. The normalized spacial score (nSPS) is 39.6. The first-order valence-corrected chi connectivity index (χ1v) is 9.03. The Morgan fingerprint density at radius 1 is 1.00 bits per heavy atom. The minimum atomic E-state index is 0.123. The number of hydrogen-bond acceptors (Lipinski definition) is 2. The van der Waals surface area contributed by atoms with Crippen LogP contribution in [0.2, 0.25) is 0 Å². The molecule has 5 atom stereocenters. The maximum Gasteiger partial charge on any atom is 0.238 e. The highest BCUT2D eigenvalue weighted by Gasteiger charge is 2.51. The van der Waals surface area contributed by atoms with E-state index in [9.17, 15) is 4.79 Å². The Morgan fingerprint density at radius 3 is 2.24 bits per heavy atom. The van der Waals surface area contributed by atoms with Gasteiger partial charge in [-0.2, -0.15) is 0 Å². The van der Waals surface area contributed by atoms with Crippen LogP contribution in [-0.4, -0.2) is 24.0 Å². The van der Waals surface area contributed by atoms with Crippen molar-refractivity contribution in [3.8, 4) is 0 Å². The molecule has 1 aliphatic heterocycles. The minimum Gasteiger partial charge on any atom is -0.352 e. The van der Waals surface area contributed by atoms with Crippen molar-refractivity contribution in [2.75, 3.05) is 0 Å². The van der Waals surface area contributed by atoms with Crippen molar-refractivity contribution in [3.63, 3.8) is 0 Å². The molecule has 0 spiro atoms. The van der Waals surface area contributed by atoms with Crippen molar-refractivity contribution in [1.29, 1.82) is 0 Å². The van der Waals surface area contributed by atoms with Gasteiger partial charge in [-0.25, -0.2) is 0 Å². The van der Waals surface area contributed by atoms with Crippen molar-refractivity contribution in [2.24, 2.45) is 29.6 Å². The molecule has 21 heavy (non-hydrogen) atoms. The monoisotopic (exact) mass is 292 g/mol. The van der Waals surface area contributed by atoms with Crippen LogP contribution in [0.5, 0.6) is 0 Å².